The highest BCUT2D eigenvalue weighted by atomic mass is 35.5. The van der Waals surface area contributed by atoms with Crippen LogP contribution in [0.25, 0.3) is 0 Å². The van der Waals surface area contributed by atoms with Gasteiger partial charge in [0.25, 0.3) is 0 Å². The van der Waals surface area contributed by atoms with E-state index in [1.807, 2.05) is 38.1 Å². The first-order valence-electron chi connectivity index (χ1n) is 5.94. The van der Waals surface area contributed by atoms with Gasteiger partial charge in [0, 0.05) is 5.02 Å². The van der Waals surface area contributed by atoms with E-state index in [4.69, 9.17) is 26.9 Å². The molecular weight excluding hydrogens is 272 g/mol. The molecule has 2 aromatic carbocycles. The maximum Gasteiger partial charge on any atom is 0.128 e. The predicted molar refractivity (Wildman–Crippen MR) is 76.9 cm³/mol. The van der Waals surface area contributed by atoms with Crippen LogP contribution in [0.5, 0.6) is 11.5 Å². The molecule has 0 atom stereocenters. The third-order valence-electron chi connectivity index (χ3n) is 2.88. The third kappa shape index (κ3) is 2.74. The average molecular weight is 283 g/mol. The minimum Gasteiger partial charge on any atom is -0.457 e. The smallest absolute Gasteiger partial charge is 0.128 e. The fraction of sp³-hybridized carbons (Fsp3) is 0.125. The van der Waals surface area contributed by atoms with Crippen molar-refractivity contribution < 1.29 is 4.74 Å². The molecule has 0 saturated heterocycles. The molecule has 0 heterocycles. The molecule has 0 bridgehead atoms. The SMILES string of the molecule is Cc1cc(Oc2ccc(C#N)c(C#N)c2)cc(C)c1Cl. The van der Waals surface area contributed by atoms with Crippen LogP contribution >= 0.6 is 11.6 Å². The Labute approximate surface area is 122 Å². The van der Waals surface area contributed by atoms with Gasteiger partial charge in [-0.15, -0.1) is 0 Å². The zero-order chi connectivity index (χ0) is 14.7. The minimum atomic E-state index is 0.299. The Morgan fingerprint density at radius 1 is 0.900 bits per heavy atom. The molecule has 2 rings (SSSR count). The number of ether oxygens (including phenoxy) is 1. The highest BCUT2D eigenvalue weighted by molar-refractivity contribution is 6.32. The summed E-state index contributed by atoms with van der Waals surface area (Å²) in [7, 11) is 0. The van der Waals surface area contributed by atoms with E-state index in [0.29, 0.717) is 22.6 Å². The van der Waals surface area contributed by atoms with Crippen molar-refractivity contribution in [2.24, 2.45) is 0 Å². The second-order valence-corrected chi connectivity index (χ2v) is 4.78. The van der Waals surface area contributed by atoms with Crippen LogP contribution in [0.15, 0.2) is 30.3 Å². The first kappa shape index (κ1) is 13.9. The summed E-state index contributed by atoms with van der Waals surface area (Å²) in [6.45, 7) is 3.81. The largest absolute Gasteiger partial charge is 0.457 e. The molecule has 0 aliphatic carbocycles. The van der Waals surface area contributed by atoms with Crippen LogP contribution in [0.2, 0.25) is 5.02 Å². The normalized spacial score (nSPS) is 9.65. The van der Waals surface area contributed by atoms with Gasteiger partial charge in [-0.25, -0.2) is 0 Å². The molecule has 20 heavy (non-hydrogen) atoms. The molecule has 0 aliphatic rings. The summed E-state index contributed by atoms with van der Waals surface area (Å²) < 4.78 is 5.72. The van der Waals surface area contributed by atoms with Gasteiger partial charge >= 0.3 is 0 Å². The van der Waals surface area contributed by atoms with E-state index in [9.17, 15) is 0 Å². The topological polar surface area (TPSA) is 56.8 Å². The Bertz CT molecular complexity index is 731. The molecule has 0 fully saturated rings. The molecule has 0 amide bonds. The summed E-state index contributed by atoms with van der Waals surface area (Å²) in [4.78, 5) is 0. The average Bonchev–Trinajstić information content (AvgIpc) is 2.44. The predicted octanol–water partition coefficient (Wildman–Crippen LogP) is 4.49. The lowest BCUT2D eigenvalue weighted by Gasteiger charge is -2.10. The van der Waals surface area contributed by atoms with Crippen molar-refractivity contribution in [3.8, 4) is 23.6 Å². The van der Waals surface area contributed by atoms with E-state index < -0.39 is 0 Å². The van der Waals surface area contributed by atoms with Crippen molar-refractivity contribution in [1.82, 2.24) is 0 Å². The first-order valence-corrected chi connectivity index (χ1v) is 6.32. The maximum atomic E-state index is 8.99. The number of hydrogen-bond acceptors (Lipinski definition) is 3. The molecule has 0 aromatic heterocycles. The minimum absolute atomic E-state index is 0.299. The van der Waals surface area contributed by atoms with Gasteiger partial charge in [-0.1, -0.05) is 11.6 Å². The van der Waals surface area contributed by atoms with Crippen molar-refractivity contribution in [3.63, 3.8) is 0 Å². The van der Waals surface area contributed by atoms with Gasteiger partial charge in [-0.3, -0.25) is 0 Å². The van der Waals surface area contributed by atoms with Gasteiger partial charge in [0.1, 0.15) is 23.6 Å². The van der Waals surface area contributed by atoms with Crippen molar-refractivity contribution in [1.29, 1.82) is 10.5 Å². The number of rotatable bonds is 2. The van der Waals surface area contributed by atoms with E-state index in [0.717, 1.165) is 16.1 Å². The fourth-order valence-electron chi connectivity index (χ4n) is 1.88. The number of hydrogen-bond donors (Lipinski definition) is 0. The van der Waals surface area contributed by atoms with E-state index in [2.05, 4.69) is 0 Å². The number of benzene rings is 2. The summed E-state index contributed by atoms with van der Waals surface area (Å²) in [5.74, 6) is 1.17. The zero-order valence-electron chi connectivity index (χ0n) is 11.1. The zero-order valence-corrected chi connectivity index (χ0v) is 11.8. The van der Waals surface area contributed by atoms with Gasteiger partial charge < -0.3 is 4.74 Å². The van der Waals surface area contributed by atoms with Gasteiger partial charge in [-0.05, 0) is 55.3 Å². The Hall–Kier alpha value is -2.49. The summed E-state index contributed by atoms with van der Waals surface area (Å²) in [6.07, 6.45) is 0. The Morgan fingerprint density at radius 2 is 1.50 bits per heavy atom. The van der Waals surface area contributed by atoms with Crippen LogP contribution in [0.4, 0.5) is 0 Å². The van der Waals surface area contributed by atoms with Gasteiger partial charge in [0.05, 0.1) is 11.1 Å². The monoisotopic (exact) mass is 282 g/mol. The Balaban J connectivity index is 2.36. The second kappa shape index (κ2) is 5.65. The van der Waals surface area contributed by atoms with Crippen LogP contribution in [-0.2, 0) is 0 Å². The van der Waals surface area contributed by atoms with Crippen LogP contribution in [-0.4, -0.2) is 0 Å². The quantitative estimate of drug-likeness (QED) is 0.815. The molecular formula is C16H11ClN2O. The summed E-state index contributed by atoms with van der Waals surface area (Å²) in [6, 6.07) is 12.4. The molecule has 0 saturated carbocycles. The molecule has 0 N–H and O–H groups in total. The molecule has 98 valence electrons. The van der Waals surface area contributed by atoms with Crippen molar-refractivity contribution in [2.75, 3.05) is 0 Å². The molecule has 4 heteroatoms. The molecule has 0 aliphatic heterocycles. The molecule has 0 spiro atoms. The molecule has 0 unspecified atom stereocenters. The highest BCUT2D eigenvalue weighted by Crippen LogP contribution is 2.29. The standard InChI is InChI=1S/C16H11ClN2O/c1-10-5-15(6-11(2)16(10)17)20-14-4-3-12(8-18)13(7-14)9-19/h3-7H,1-2H3. The van der Waals surface area contributed by atoms with Crippen molar-refractivity contribution in [2.45, 2.75) is 13.8 Å². The van der Waals surface area contributed by atoms with Gasteiger partial charge in [0.15, 0.2) is 0 Å². The fourth-order valence-corrected chi connectivity index (χ4v) is 1.99. The lowest BCUT2D eigenvalue weighted by molar-refractivity contribution is 0.481. The van der Waals surface area contributed by atoms with Crippen LogP contribution in [0.1, 0.15) is 22.3 Å². The number of aryl methyl sites for hydroxylation is 2. The van der Waals surface area contributed by atoms with E-state index in [1.165, 1.54) is 0 Å². The van der Waals surface area contributed by atoms with Crippen LogP contribution in [0.3, 0.4) is 0 Å². The van der Waals surface area contributed by atoms with E-state index >= 15 is 0 Å². The van der Waals surface area contributed by atoms with Crippen LogP contribution < -0.4 is 4.74 Å². The Morgan fingerprint density at radius 3 is 2.05 bits per heavy atom. The lowest BCUT2D eigenvalue weighted by atomic mass is 10.1. The van der Waals surface area contributed by atoms with E-state index in [-0.39, 0.29) is 0 Å². The molecule has 0 radical (unpaired) electrons. The van der Waals surface area contributed by atoms with Gasteiger partial charge in [0.2, 0.25) is 0 Å². The third-order valence-corrected chi connectivity index (χ3v) is 3.47. The maximum absolute atomic E-state index is 8.99. The first-order chi connectivity index (χ1) is 9.55. The van der Waals surface area contributed by atoms with Crippen LogP contribution in [0, 0.1) is 36.5 Å². The summed E-state index contributed by atoms with van der Waals surface area (Å²) in [5, 5.41) is 18.6. The Kier molecular flexibility index (Phi) is 3.94. The van der Waals surface area contributed by atoms with Crippen molar-refractivity contribution in [3.05, 3.63) is 57.6 Å². The number of halogens is 1. The summed E-state index contributed by atoms with van der Waals surface area (Å²) in [5.41, 5.74) is 2.49. The molecule has 2 aromatic rings. The van der Waals surface area contributed by atoms with E-state index in [1.54, 1.807) is 18.2 Å². The summed E-state index contributed by atoms with van der Waals surface area (Å²) >= 11 is 6.11. The number of nitrogens with zero attached hydrogens (tertiary/aromatic N) is 2. The lowest BCUT2D eigenvalue weighted by Crippen LogP contribution is -1.90. The molecule has 3 nitrogen and oxygen atoms in total. The van der Waals surface area contributed by atoms with Crippen molar-refractivity contribution >= 4 is 11.6 Å². The highest BCUT2D eigenvalue weighted by Gasteiger charge is 2.07. The number of nitriles is 2. The second-order valence-electron chi connectivity index (χ2n) is 4.40. The van der Waals surface area contributed by atoms with Gasteiger partial charge in [-0.2, -0.15) is 10.5 Å².